The molecule has 0 aliphatic rings. The van der Waals surface area contributed by atoms with Crippen LogP contribution in [-0.4, -0.2) is 28.3 Å². The number of benzene rings is 1. The van der Waals surface area contributed by atoms with Crippen LogP contribution in [0, 0.1) is 0 Å². The third kappa shape index (κ3) is 2.49. The number of aromatic nitrogens is 2. The monoisotopic (exact) mass is 247 g/mol. The molecule has 0 bridgehead atoms. The number of anilines is 1. The van der Waals surface area contributed by atoms with E-state index in [4.69, 9.17) is 4.74 Å². The summed E-state index contributed by atoms with van der Waals surface area (Å²) in [5.41, 5.74) is 1.57. The summed E-state index contributed by atoms with van der Waals surface area (Å²) in [7, 11) is 1.53. The highest BCUT2D eigenvalue weighted by Crippen LogP contribution is 2.22. The molecule has 1 aromatic carbocycles. The second-order valence-electron chi connectivity index (χ2n) is 3.61. The molecule has 0 atom stereocenters. The Labute approximate surface area is 104 Å². The van der Waals surface area contributed by atoms with E-state index >= 15 is 0 Å². The van der Waals surface area contributed by atoms with Crippen molar-refractivity contribution in [2.24, 2.45) is 0 Å². The van der Waals surface area contributed by atoms with Crippen LogP contribution in [-0.2, 0) is 6.61 Å². The van der Waals surface area contributed by atoms with Gasteiger partial charge < -0.3 is 15.2 Å². The van der Waals surface area contributed by atoms with Crippen LogP contribution in [0.15, 0.2) is 30.5 Å². The number of H-pyrrole nitrogens is 1. The quantitative estimate of drug-likeness (QED) is 0.756. The Morgan fingerprint density at radius 3 is 2.94 bits per heavy atom. The average molecular weight is 247 g/mol. The predicted molar refractivity (Wildman–Crippen MR) is 65.5 cm³/mol. The highest BCUT2D eigenvalue weighted by atomic mass is 16.5. The summed E-state index contributed by atoms with van der Waals surface area (Å²) in [5.74, 6) is 0.290. The molecule has 0 radical (unpaired) electrons. The number of aromatic amines is 1. The number of nitrogens with zero attached hydrogens (tertiary/aromatic N) is 1. The molecular formula is C12H13N3O3. The highest BCUT2D eigenvalue weighted by Gasteiger charge is 2.09. The van der Waals surface area contributed by atoms with Gasteiger partial charge in [-0.3, -0.25) is 9.89 Å². The number of carbonyl (C=O) groups excluding carboxylic acids is 1. The number of carbonyl (C=O) groups is 1. The summed E-state index contributed by atoms with van der Waals surface area (Å²) >= 11 is 0. The molecule has 0 fully saturated rings. The first-order valence-electron chi connectivity index (χ1n) is 5.33. The maximum absolute atomic E-state index is 11.8. The van der Waals surface area contributed by atoms with Crippen LogP contribution in [0.5, 0.6) is 5.75 Å². The number of aliphatic hydroxyl groups excluding tert-OH is 1. The molecule has 0 unspecified atom stereocenters. The lowest BCUT2D eigenvalue weighted by Gasteiger charge is -2.09. The number of ether oxygens (including phenoxy) is 1. The lowest BCUT2D eigenvalue weighted by molar-refractivity contribution is 0.102. The van der Waals surface area contributed by atoms with Crippen molar-refractivity contribution < 1.29 is 14.6 Å². The minimum atomic E-state index is -0.290. The molecular weight excluding hydrogens is 234 g/mol. The fraction of sp³-hybridized carbons (Fsp3) is 0.167. The molecule has 6 heteroatoms. The van der Waals surface area contributed by atoms with Crippen molar-refractivity contribution in [2.45, 2.75) is 6.61 Å². The number of rotatable bonds is 4. The number of aliphatic hydroxyl groups is 1. The SMILES string of the molecule is COc1ccc(NC(=O)c2ccn[nH]2)cc1CO. The Hall–Kier alpha value is -2.34. The van der Waals surface area contributed by atoms with Gasteiger partial charge >= 0.3 is 0 Å². The molecule has 18 heavy (non-hydrogen) atoms. The van der Waals surface area contributed by atoms with Crippen LogP contribution in [0.4, 0.5) is 5.69 Å². The molecule has 1 aromatic heterocycles. The van der Waals surface area contributed by atoms with Crippen molar-refractivity contribution in [2.75, 3.05) is 12.4 Å². The van der Waals surface area contributed by atoms with Gasteiger partial charge in [-0.25, -0.2) is 0 Å². The first-order valence-corrected chi connectivity index (χ1v) is 5.33. The molecule has 0 spiro atoms. The zero-order valence-electron chi connectivity index (χ0n) is 9.80. The first kappa shape index (κ1) is 12.1. The van der Waals surface area contributed by atoms with Crippen LogP contribution < -0.4 is 10.1 Å². The summed E-state index contributed by atoms with van der Waals surface area (Å²) in [4.78, 5) is 11.8. The normalized spacial score (nSPS) is 10.1. The first-order chi connectivity index (χ1) is 8.74. The molecule has 0 saturated carbocycles. The number of hydrogen-bond donors (Lipinski definition) is 3. The zero-order chi connectivity index (χ0) is 13.0. The summed E-state index contributed by atoms with van der Waals surface area (Å²) in [6, 6.07) is 6.62. The lowest BCUT2D eigenvalue weighted by Crippen LogP contribution is -2.12. The second-order valence-corrected chi connectivity index (χ2v) is 3.61. The van der Waals surface area contributed by atoms with E-state index in [9.17, 15) is 9.90 Å². The number of amides is 1. The van der Waals surface area contributed by atoms with Crippen LogP contribution in [0.1, 0.15) is 16.1 Å². The lowest BCUT2D eigenvalue weighted by atomic mass is 10.2. The van der Waals surface area contributed by atoms with E-state index in [0.29, 0.717) is 22.7 Å². The molecule has 6 nitrogen and oxygen atoms in total. The van der Waals surface area contributed by atoms with Crippen LogP contribution in [0.25, 0.3) is 0 Å². The van der Waals surface area contributed by atoms with Crippen LogP contribution >= 0.6 is 0 Å². The van der Waals surface area contributed by atoms with Gasteiger partial charge in [0.05, 0.1) is 13.7 Å². The number of methoxy groups -OCH3 is 1. The van der Waals surface area contributed by atoms with E-state index in [1.807, 2.05) is 0 Å². The number of nitrogens with one attached hydrogen (secondary N) is 2. The van der Waals surface area contributed by atoms with Gasteiger partial charge in [-0.1, -0.05) is 0 Å². The van der Waals surface area contributed by atoms with Gasteiger partial charge in [0, 0.05) is 17.4 Å². The van der Waals surface area contributed by atoms with E-state index in [1.165, 1.54) is 13.3 Å². The second kappa shape index (κ2) is 5.33. The Bertz CT molecular complexity index is 538. The molecule has 94 valence electrons. The van der Waals surface area contributed by atoms with E-state index in [1.54, 1.807) is 24.3 Å². The van der Waals surface area contributed by atoms with Gasteiger partial charge in [0.25, 0.3) is 5.91 Å². The van der Waals surface area contributed by atoms with Crippen molar-refractivity contribution in [3.63, 3.8) is 0 Å². The topological polar surface area (TPSA) is 87.2 Å². The summed E-state index contributed by atoms with van der Waals surface area (Å²) in [6.07, 6.45) is 1.50. The average Bonchev–Trinajstić information content (AvgIpc) is 2.92. The van der Waals surface area contributed by atoms with Gasteiger partial charge in [-0.15, -0.1) is 0 Å². The Kier molecular flexibility index (Phi) is 3.59. The van der Waals surface area contributed by atoms with E-state index in [-0.39, 0.29) is 12.5 Å². The molecule has 0 aliphatic heterocycles. The zero-order valence-corrected chi connectivity index (χ0v) is 9.80. The smallest absolute Gasteiger partial charge is 0.273 e. The van der Waals surface area contributed by atoms with Crippen molar-refractivity contribution >= 4 is 11.6 Å². The highest BCUT2D eigenvalue weighted by molar-refractivity contribution is 6.02. The molecule has 1 heterocycles. The molecule has 0 saturated heterocycles. The Morgan fingerprint density at radius 1 is 1.50 bits per heavy atom. The van der Waals surface area contributed by atoms with Crippen molar-refractivity contribution in [3.05, 3.63) is 41.7 Å². The van der Waals surface area contributed by atoms with E-state index < -0.39 is 0 Å². The van der Waals surface area contributed by atoms with Crippen LogP contribution in [0.3, 0.4) is 0 Å². The summed E-state index contributed by atoms with van der Waals surface area (Å²) < 4.78 is 5.08. The largest absolute Gasteiger partial charge is 0.496 e. The van der Waals surface area contributed by atoms with Crippen molar-refractivity contribution in [1.82, 2.24) is 10.2 Å². The van der Waals surface area contributed by atoms with E-state index in [2.05, 4.69) is 15.5 Å². The predicted octanol–water partition coefficient (Wildman–Crippen LogP) is 1.16. The fourth-order valence-corrected chi connectivity index (χ4v) is 1.56. The summed E-state index contributed by atoms with van der Waals surface area (Å²) in [6.45, 7) is -0.156. The van der Waals surface area contributed by atoms with Crippen LogP contribution in [0.2, 0.25) is 0 Å². The Balaban J connectivity index is 2.17. The maximum atomic E-state index is 11.8. The minimum absolute atomic E-state index is 0.156. The molecule has 2 aromatic rings. The van der Waals surface area contributed by atoms with Gasteiger partial charge in [-0.05, 0) is 24.3 Å². The molecule has 3 N–H and O–H groups in total. The maximum Gasteiger partial charge on any atom is 0.273 e. The van der Waals surface area contributed by atoms with Gasteiger partial charge in [0.1, 0.15) is 11.4 Å². The number of hydrogen-bond acceptors (Lipinski definition) is 4. The van der Waals surface area contributed by atoms with Gasteiger partial charge in [0.15, 0.2) is 0 Å². The Morgan fingerprint density at radius 2 is 2.33 bits per heavy atom. The van der Waals surface area contributed by atoms with E-state index in [0.717, 1.165) is 0 Å². The van der Waals surface area contributed by atoms with Crippen molar-refractivity contribution in [1.29, 1.82) is 0 Å². The minimum Gasteiger partial charge on any atom is -0.496 e. The standard InChI is InChI=1S/C12H13N3O3/c1-18-11-3-2-9(6-8(11)7-16)14-12(17)10-4-5-13-15-10/h2-6,16H,7H2,1H3,(H,13,15)(H,14,17). The third-order valence-corrected chi connectivity index (χ3v) is 2.45. The third-order valence-electron chi connectivity index (χ3n) is 2.45. The van der Waals surface area contributed by atoms with Gasteiger partial charge in [0.2, 0.25) is 0 Å². The fourth-order valence-electron chi connectivity index (χ4n) is 1.56. The van der Waals surface area contributed by atoms with Crippen molar-refractivity contribution in [3.8, 4) is 5.75 Å². The summed E-state index contributed by atoms with van der Waals surface area (Å²) in [5, 5.41) is 18.1. The molecule has 2 rings (SSSR count). The molecule has 1 amide bonds. The van der Waals surface area contributed by atoms with Gasteiger partial charge in [-0.2, -0.15) is 5.10 Å². The molecule has 0 aliphatic carbocycles.